The predicted octanol–water partition coefficient (Wildman–Crippen LogP) is 3.92. The van der Waals surface area contributed by atoms with Crippen LogP contribution in [-0.2, 0) is 10.2 Å². The first kappa shape index (κ1) is 17.6. The molecule has 1 amide bonds. The van der Waals surface area contributed by atoms with E-state index in [-0.39, 0.29) is 16.9 Å². The minimum Gasteiger partial charge on any atom is -0.351 e. The van der Waals surface area contributed by atoms with E-state index < -0.39 is 0 Å². The smallest absolute Gasteiger partial charge is 0.221 e. The second-order valence-electron chi connectivity index (χ2n) is 7.16. The van der Waals surface area contributed by atoms with Crippen molar-refractivity contribution >= 4 is 29.1 Å². The molecule has 1 saturated heterocycles. The van der Waals surface area contributed by atoms with Crippen LogP contribution in [0.2, 0.25) is 10.0 Å². The molecule has 1 aliphatic heterocycles. The lowest BCUT2D eigenvalue weighted by Gasteiger charge is -2.38. The third kappa shape index (κ3) is 4.37. The van der Waals surface area contributed by atoms with Gasteiger partial charge in [-0.1, -0.05) is 29.3 Å². The molecule has 1 aliphatic rings. The average Bonchev–Trinajstić information content (AvgIpc) is 2.40. The lowest BCUT2D eigenvalue weighted by atomic mass is 9.72. The topological polar surface area (TPSA) is 41.1 Å². The van der Waals surface area contributed by atoms with Crippen molar-refractivity contribution in [2.75, 3.05) is 13.1 Å². The molecule has 2 N–H and O–H groups in total. The van der Waals surface area contributed by atoms with Crippen LogP contribution in [0.3, 0.4) is 0 Å². The average molecular weight is 343 g/mol. The van der Waals surface area contributed by atoms with Crippen LogP contribution in [0, 0.1) is 0 Å². The summed E-state index contributed by atoms with van der Waals surface area (Å²) < 4.78 is 0. The van der Waals surface area contributed by atoms with Crippen LogP contribution >= 0.6 is 23.2 Å². The first-order chi connectivity index (χ1) is 10.2. The Bertz CT molecular complexity index is 546. The predicted molar refractivity (Wildman–Crippen MR) is 92.8 cm³/mol. The molecule has 1 aromatic carbocycles. The summed E-state index contributed by atoms with van der Waals surface area (Å²) in [5.41, 5.74) is 0.637. The van der Waals surface area contributed by atoms with E-state index in [9.17, 15) is 4.79 Å². The van der Waals surface area contributed by atoms with E-state index in [2.05, 4.69) is 10.6 Å². The summed E-state index contributed by atoms with van der Waals surface area (Å²) in [7, 11) is 0. The third-order valence-electron chi connectivity index (χ3n) is 4.02. The standard InChI is InChI=1S/C17H24Cl2N2O/c1-16(2,3)21-15(22)10-17(7-4-8-20-11-17)12-5-6-13(18)14(19)9-12/h5-6,9,20H,4,7-8,10-11H2,1-3H3,(H,21,22)/t17-/m1/s1. The Morgan fingerprint density at radius 1 is 1.32 bits per heavy atom. The highest BCUT2D eigenvalue weighted by Gasteiger charge is 2.37. The second kappa shape index (κ2) is 6.77. The number of rotatable bonds is 3. The van der Waals surface area contributed by atoms with Gasteiger partial charge >= 0.3 is 0 Å². The van der Waals surface area contributed by atoms with Crippen molar-refractivity contribution in [2.24, 2.45) is 0 Å². The number of amides is 1. The summed E-state index contributed by atoms with van der Waals surface area (Å²) >= 11 is 12.2. The second-order valence-corrected chi connectivity index (χ2v) is 7.98. The Morgan fingerprint density at radius 2 is 2.05 bits per heavy atom. The fourth-order valence-electron chi connectivity index (χ4n) is 3.06. The summed E-state index contributed by atoms with van der Waals surface area (Å²) in [6.07, 6.45) is 2.47. The van der Waals surface area contributed by atoms with Crippen molar-refractivity contribution in [3.63, 3.8) is 0 Å². The fraction of sp³-hybridized carbons (Fsp3) is 0.588. The van der Waals surface area contributed by atoms with Crippen LogP contribution in [0.1, 0.15) is 45.6 Å². The highest BCUT2D eigenvalue weighted by molar-refractivity contribution is 6.42. The third-order valence-corrected chi connectivity index (χ3v) is 4.76. The quantitative estimate of drug-likeness (QED) is 0.873. The Labute approximate surface area is 142 Å². The molecule has 122 valence electrons. The highest BCUT2D eigenvalue weighted by Crippen LogP contribution is 2.37. The van der Waals surface area contributed by atoms with E-state index in [1.807, 2.05) is 39.0 Å². The van der Waals surface area contributed by atoms with Gasteiger partial charge in [0.2, 0.25) is 5.91 Å². The van der Waals surface area contributed by atoms with Crippen LogP contribution in [0.4, 0.5) is 0 Å². The van der Waals surface area contributed by atoms with Crippen molar-refractivity contribution in [2.45, 2.75) is 51.0 Å². The molecule has 0 spiro atoms. The van der Waals surface area contributed by atoms with E-state index in [4.69, 9.17) is 23.2 Å². The number of hydrogen-bond acceptors (Lipinski definition) is 2. The lowest BCUT2D eigenvalue weighted by Crippen LogP contribution is -2.49. The van der Waals surface area contributed by atoms with Gasteiger partial charge in [-0.25, -0.2) is 0 Å². The number of nitrogens with one attached hydrogen (secondary N) is 2. The molecular formula is C17H24Cl2N2O. The molecule has 5 heteroatoms. The van der Waals surface area contributed by atoms with E-state index in [1.54, 1.807) is 0 Å². The van der Waals surface area contributed by atoms with Crippen LogP contribution in [-0.4, -0.2) is 24.5 Å². The van der Waals surface area contributed by atoms with Crippen molar-refractivity contribution in [3.05, 3.63) is 33.8 Å². The maximum Gasteiger partial charge on any atom is 0.221 e. The number of carbonyl (C=O) groups is 1. The Kier molecular flexibility index (Phi) is 5.41. The molecule has 3 nitrogen and oxygen atoms in total. The number of carbonyl (C=O) groups excluding carboxylic acids is 1. The van der Waals surface area contributed by atoms with E-state index in [0.29, 0.717) is 16.5 Å². The molecule has 1 heterocycles. The zero-order chi connectivity index (χ0) is 16.4. The summed E-state index contributed by atoms with van der Waals surface area (Å²) in [5.74, 6) is 0.0715. The molecular weight excluding hydrogens is 319 g/mol. The van der Waals surface area contributed by atoms with Gasteiger partial charge in [-0.15, -0.1) is 0 Å². The van der Waals surface area contributed by atoms with E-state index in [0.717, 1.165) is 31.5 Å². The molecule has 0 saturated carbocycles. The van der Waals surface area contributed by atoms with Gasteiger partial charge in [0.05, 0.1) is 10.0 Å². The zero-order valence-electron chi connectivity index (χ0n) is 13.4. The summed E-state index contributed by atoms with van der Waals surface area (Å²) in [4.78, 5) is 12.5. The molecule has 1 aromatic rings. The van der Waals surface area contributed by atoms with Crippen molar-refractivity contribution in [3.8, 4) is 0 Å². The molecule has 0 unspecified atom stereocenters. The molecule has 0 aromatic heterocycles. The maximum atomic E-state index is 12.5. The molecule has 1 atom stereocenters. The summed E-state index contributed by atoms with van der Waals surface area (Å²) in [5, 5.41) is 7.57. The largest absolute Gasteiger partial charge is 0.351 e. The van der Waals surface area contributed by atoms with Crippen LogP contribution in [0.15, 0.2) is 18.2 Å². The van der Waals surface area contributed by atoms with E-state index in [1.165, 1.54) is 0 Å². The number of halogens is 2. The number of hydrogen-bond donors (Lipinski definition) is 2. The summed E-state index contributed by atoms with van der Waals surface area (Å²) in [6.45, 7) is 7.76. The van der Waals surface area contributed by atoms with Gasteiger partial charge < -0.3 is 10.6 Å². The van der Waals surface area contributed by atoms with Gasteiger partial charge in [-0.3, -0.25) is 4.79 Å². The van der Waals surface area contributed by atoms with Gasteiger partial charge in [0.15, 0.2) is 0 Å². The summed E-state index contributed by atoms with van der Waals surface area (Å²) in [6, 6.07) is 5.71. The monoisotopic (exact) mass is 342 g/mol. The lowest BCUT2D eigenvalue weighted by molar-refractivity contribution is -0.124. The molecule has 2 rings (SSSR count). The molecule has 22 heavy (non-hydrogen) atoms. The molecule has 0 bridgehead atoms. The molecule has 1 fully saturated rings. The van der Waals surface area contributed by atoms with E-state index >= 15 is 0 Å². The van der Waals surface area contributed by atoms with Crippen LogP contribution in [0.5, 0.6) is 0 Å². The van der Waals surface area contributed by atoms with Gasteiger partial charge in [0, 0.05) is 23.9 Å². The van der Waals surface area contributed by atoms with Crippen LogP contribution in [0.25, 0.3) is 0 Å². The first-order valence-electron chi connectivity index (χ1n) is 7.69. The highest BCUT2D eigenvalue weighted by atomic mass is 35.5. The number of benzene rings is 1. The first-order valence-corrected chi connectivity index (χ1v) is 8.45. The zero-order valence-corrected chi connectivity index (χ0v) is 14.9. The minimum absolute atomic E-state index is 0.0715. The Hall–Kier alpha value is -0.770. The fourth-order valence-corrected chi connectivity index (χ4v) is 3.36. The van der Waals surface area contributed by atoms with Gasteiger partial charge in [-0.2, -0.15) is 0 Å². The van der Waals surface area contributed by atoms with Crippen molar-refractivity contribution in [1.82, 2.24) is 10.6 Å². The molecule has 0 aliphatic carbocycles. The van der Waals surface area contributed by atoms with Gasteiger partial charge in [0.1, 0.15) is 0 Å². The Morgan fingerprint density at radius 3 is 2.59 bits per heavy atom. The minimum atomic E-state index is -0.224. The van der Waals surface area contributed by atoms with Gasteiger partial charge in [0.25, 0.3) is 0 Å². The van der Waals surface area contributed by atoms with Gasteiger partial charge in [-0.05, 0) is 57.9 Å². The maximum absolute atomic E-state index is 12.5. The number of piperidine rings is 1. The molecule has 0 radical (unpaired) electrons. The Balaban J connectivity index is 2.27. The normalized spacial score (nSPS) is 22.4. The SMILES string of the molecule is CC(C)(C)NC(=O)C[C@]1(c2ccc(Cl)c(Cl)c2)CCCNC1. The van der Waals surface area contributed by atoms with Crippen molar-refractivity contribution in [1.29, 1.82) is 0 Å². The van der Waals surface area contributed by atoms with Crippen molar-refractivity contribution < 1.29 is 4.79 Å². The van der Waals surface area contributed by atoms with Crippen LogP contribution < -0.4 is 10.6 Å².